The van der Waals surface area contributed by atoms with E-state index in [4.69, 9.17) is 0 Å². The predicted octanol–water partition coefficient (Wildman–Crippen LogP) is 2.94. The first kappa shape index (κ1) is 14.2. The maximum atomic E-state index is 12.8. The SMILES string of the molecule is O=C(C1=Cc2ccccc2C1)C1CC2CCCC(C1)S2(=O)=O. The van der Waals surface area contributed by atoms with Gasteiger partial charge < -0.3 is 0 Å². The van der Waals surface area contributed by atoms with Crippen LogP contribution >= 0.6 is 0 Å². The summed E-state index contributed by atoms with van der Waals surface area (Å²) in [4.78, 5) is 12.8. The Kier molecular flexibility index (Phi) is 3.26. The van der Waals surface area contributed by atoms with Crippen LogP contribution in [-0.4, -0.2) is 24.7 Å². The maximum Gasteiger partial charge on any atom is 0.162 e. The van der Waals surface area contributed by atoms with E-state index in [1.54, 1.807) is 0 Å². The first-order valence-electron chi connectivity index (χ1n) is 8.11. The first-order chi connectivity index (χ1) is 10.6. The second-order valence-corrected chi connectivity index (χ2v) is 9.35. The van der Waals surface area contributed by atoms with Crippen LogP contribution in [0.1, 0.15) is 43.2 Å². The van der Waals surface area contributed by atoms with E-state index < -0.39 is 9.84 Å². The van der Waals surface area contributed by atoms with E-state index in [1.165, 1.54) is 5.56 Å². The minimum absolute atomic E-state index is 0.0978. The molecule has 116 valence electrons. The van der Waals surface area contributed by atoms with Gasteiger partial charge in [-0.3, -0.25) is 4.79 Å². The second-order valence-electron chi connectivity index (χ2n) is 6.84. The van der Waals surface area contributed by atoms with Crippen LogP contribution in [0.15, 0.2) is 29.8 Å². The highest BCUT2D eigenvalue weighted by Gasteiger charge is 2.46. The number of hydrogen-bond donors (Lipinski definition) is 0. The number of ketones is 1. The molecule has 2 atom stereocenters. The smallest absolute Gasteiger partial charge is 0.162 e. The Bertz CT molecular complexity index is 740. The summed E-state index contributed by atoms with van der Waals surface area (Å²) in [5.74, 6) is 0.0855. The molecule has 0 N–H and O–H groups in total. The standard InChI is InChI=1S/C18H20O3S/c19-18(14-8-12-4-1-2-5-13(12)9-14)15-10-16-6-3-7-17(11-15)22(16,20)21/h1-2,4-5,8,15-17H,3,6-7,9-11H2. The first-order valence-corrected chi connectivity index (χ1v) is 9.72. The van der Waals surface area contributed by atoms with E-state index in [1.807, 2.05) is 24.3 Å². The molecule has 4 heteroatoms. The molecule has 0 amide bonds. The lowest BCUT2D eigenvalue weighted by atomic mass is 9.84. The molecule has 2 fully saturated rings. The molecular formula is C18H20O3S. The lowest BCUT2D eigenvalue weighted by molar-refractivity contribution is -0.119. The average Bonchev–Trinajstić information content (AvgIpc) is 2.89. The Morgan fingerprint density at radius 2 is 1.73 bits per heavy atom. The summed E-state index contributed by atoms with van der Waals surface area (Å²) in [5, 5.41) is -0.559. The van der Waals surface area contributed by atoms with E-state index >= 15 is 0 Å². The van der Waals surface area contributed by atoms with E-state index in [2.05, 4.69) is 6.07 Å². The van der Waals surface area contributed by atoms with Crippen LogP contribution in [0.3, 0.4) is 0 Å². The normalized spacial score (nSPS) is 32.2. The van der Waals surface area contributed by atoms with Gasteiger partial charge in [0.1, 0.15) is 0 Å². The highest BCUT2D eigenvalue weighted by molar-refractivity contribution is 7.92. The van der Waals surface area contributed by atoms with E-state index in [0.717, 1.165) is 30.4 Å². The summed E-state index contributed by atoms with van der Waals surface area (Å²) in [7, 11) is -2.98. The number of carbonyl (C=O) groups is 1. The molecule has 0 aromatic heterocycles. The second kappa shape index (κ2) is 5.05. The van der Waals surface area contributed by atoms with Crippen molar-refractivity contribution in [2.24, 2.45) is 5.92 Å². The fraction of sp³-hybridized carbons (Fsp3) is 0.500. The third-order valence-electron chi connectivity index (χ3n) is 5.53. The highest BCUT2D eigenvalue weighted by Crippen LogP contribution is 2.41. The third-order valence-corrected chi connectivity index (χ3v) is 8.24. The molecule has 22 heavy (non-hydrogen) atoms. The topological polar surface area (TPSA) is 51.2 Å². The molecule has 2 aliphatic heterocycles. The Balaban J connectivity index is 1.56. The van der Waals surface area contributed by atoms with Crippen molar-refractivity contribution in [3.05, 3.63) is 41.0 Å². The number of hydrogen-bond acceptors (Lipinski definition) is 3. The fourth-order valence-electron chi connectivity index (χ4n) is 4.32. The van der Waals surface area contributed by atoms with Crippen LogP contribution in [0, 0.1) is 5.92 Å². The Morgan fingerprint density at radius 1 is 1.05 bits per heavy atom. The molecular weight excluding hydrogens is 296 g/mol. The summed E-state index contributed by atoms with van der Waals surface area (Å²) in [6, 6.07) is 8.08. The van der Waals surface area contributed by atoms with Crippen LogP contribution in [0.5, 0.6) is 0 Å². The maximum absolute atomic E-state index is 12.8. The minimum atomic E-state index is -2.98. The van der Waals surface area contributed by atoms with Gasteiger partial charge in [0.15, 0.2) is 15.6 Å². The number of allylic oxidation sites excluding steroid dienone is 1. The zero-order chi connectivity index (χ0) is 15.3. The van der Waals surface area contributed by atoms with Crippen LogP contribution in [0.4, 0.5) is 0 Å². The highest BCUT2D eigenvalue weighted by atomic mass is 32.2. The molecule has 0 saturated carbocycles. The van der Waals surface area contributed by atoms with Crippen molar-refractivity contribution in [1.82, 2.24) is 0 Å². The number of sulfone groups is 1. The van der Waals surface area contributed by atoms with Crippen molar-refractivity contribution in [2.45, 2.75) is 49.0 Å². The molecule has 2 unspecified atom stereocenters. The molecule has 2 bridgehead atoms. The Labute approximate surface area is 131 Å². The van der Waals surface area contributed by atoms with E-state index in [-0.39, 0.29) is 22.2 Å². The van der Waals surface area contributed by atoms with Gasteiger partial charge in [-0.2, -0.15) is 0 Å². The van der Waals surface area contributed by atoms with Crippen LogP contribution in [0.2, 0.25) is 0 Å². The molecule has 2 heterocycles. The van der Waals surface area contributed by atoms with Gasteiger partial charge >= 0.3 is 0 Å². The molecule has 3 aliphatic rings. The molecule has 3 nitrogen and oxygen atoms in total. The molecule has 0 spiro atoms. The molecule has 4 rings (SSSR count). The number of fused-ring (bicyclic) bond motifs is 3. The van der Waals surface area contributed by atoms with Gasteiger partial charge in [0.2, 0.25) is 0 Å². The predicted molar refractivity (Wildman–Crippen MR) is 86.2 cm³/mol. The fourth-order valence-corrected chi connectivity index (χ4v) is 6.86. The summed E-state index contributed by atoms with van der Waals surface area (Å²) in [6.07, 6.45) is 6.23. The van der Waals surface area contributed by atoms with Crippen molar-refractivity contribution >= 4 is 21.7 Å². The zero-order valence-electron chi connectivity index (χ0n) is 12.5. The van der Waals surface area contributed by atoms with Crippen molar-refractivity contribution in [3.63, 3.8) is 0 Å². The number of rotatable bonds is 2. The van der Waals surface area contributed by atoms with Crippen LogP contribution in [0.25, 0.3) is 6.08 Å². The molecule has 0 radical (unpaired) electrons. The number of Topliss-reactive ketones (excluding diaryl/α,β-unsaturated/α-hetero) is 1. The van der Waals surface area contributed by atoms with Gasteiger partial charge in [-0.15, -0.1) is 0 Å². The van der Waals surface area contributed by atoms with Gasteiger partial charge in [0, 0.05) is 17.9 Å². The van der Waals surface area contributed by atoms with E-state index in [0.29, 0.717) is 19.3 Å². The third kappa shape index (κ3) is 2.16. The average molecular weight is 316 g/mol. The number of carbonyl (C=O) groups excluding carboxylic acids is 1. The van der Waals surface area contributed by atoms with Crippen molar-refractivity contribution in [2.75, 3.05) is 0 Å². The van der Waals surface area contributed by atoms with Gasteiger partial charge in [-0.1, -0.05) is 30.7 Å². The summed E-state index contributed by atoms with van der Waals surface area (Å²) in [6.45, 7) is 0. The van der Waals surface area contributed by atoms with Crippen LogP contribution < -0.4 is 0 Å². The molecule has 1 aromatic rings. The summed E-state index contributed by atoms with van der Waals surface area (Å²) >= 11 is 0. The monoisotopic (exact) mass is 316 g/mol. The molecule has 2 saturated heterocycles. The minimum Gasteiger partial charge on any atom is -0.294 e. The zero-order valence-corrected chi connectivity index (χ0v) is 13.3. The van der Waals surface area contributed by atoms with Crippen molar-refractivity contribution in [1.29, 1.82) is 0 Å². The number of benzene rings is 1. The van der Waals surface area contributed by atoms with Gasteiger partial charge in [0.05, 0.1) is 10.5 Å². The van der Waals surface area contributed by atoms with Crippen LogP contribution in [-0.2, 0) is 21.1 Å². The van der Waals surface area contributed by atoms with Crippen molar-refractivity contribution in [3.8, 4) is 0 Å². The Hall–Kier alpha value is -1.42. The Morgan fingerprint density at radius 3 is 2.41 bits per heavy atom. The summed E-state index contributed by atoms with van der Waals surface area (Å²) in [5.41, 5.74) is 3.20. The lowest BCUT2D eigenvalue weighted by Gasteiger charge is -2.38. The van der Waals surface area contributed by atoms with E-state index in [9.17, 15) is 13.2 Å². The lowest BCUT2D eigenvalue weighted by Crippen LogP contribution is -2.45. The summed E-state index contributed by atoms with van der Waals surface area (Å²) < 4.78 is 24.7. The van der Waals surface area contributed by atoms with Crippen molar-refractivity contribution < 1.29 is 13.2 Å². The molecule has 1 aromatic carbocycles. The molecule has 1 aliphatic carbocycles. The largest absolute Gasteiger partial charge is 0.294 e. The van der Waals surface area contributed by atoms with Gasteiger partial charge in [-0.05, 0) is 42.9 Å². The quantitative estimate of drug-likeness (QED) is 0.843. The van der Waals surface area contributed by atoms with Gasteiger partial charge in [0.25, 0.3) is 0 Å². The van der Waals surface area contributed by atoms with Gasteiger partial charge in [-0.25, -0.2) is 8.42 Å².